The van der Waals surface area contributed by atoms with E-state index >= 15 is 0 Å². The normalized spacial score (nSPS) is 11.2. The maximum Gasteiger partial charge on any atom is 0.160 e. The van der Waals surface area contributed by atoms with Crippen LogP contribution < -0.4 is 0 Å². The number of rotatable bonds is 3. The molecule has 1 aromatic heterocycles. The first-order valence-corrected chi connectivity index (χ1v) is 11.7. The van der Waals surface area contributed by atoms with Gasteiger partial charge in [-0.05, 0) is 34.7 Å². The fraction of sp³-hybridized carbons (Fsp3) is 0. The van der Waals surface area contributed by atoms with Crippen molar-refractivity contribution in [2.45, 2.75) is 0 Å². The Bertz CT molecular complexity index is 1610. The number of halogens is 1. The Morgan fingerprint density at radius 3 is 1.85 bits per heavy atom. The Balaban J connectivity index is 1.76. The zero-order valence-corrected chi connectivity index (χ0v) is 19.3. The molecule has 0 aliphatic heterocycles. The van der Waals surface area contributed by atoms with Crippen LogP contribution in [0.1, 0.15) is 0 Å². The molecular formula is C30H19BrN2. The van der Waals surface area contributed by atoms with E-state index in [1.165, 1.54) is 16.5 Å². The highest BCUT2D eigenvalue weighted by atomic mass is 79.9. The molecule has 0 N–H and O–H groups in total. The number of fused-ring (bicyclic) bond motifs is 3. The molecule has 33 heavy (non-hydrogen) atoms. The smallest absolute Gasteiger partial charge is 0.160 e. The lowest BCUT2D eigenvalue weighted by molar-refractivity contribution is 1.23. The van der Waals surface area contributed by atoms with Gasteiger partial charge in [-0.2, -0.15) is 0 Å². The van der Waals surface area contributed by atoms with E-state index in [4.69, 9.17) is 9.97 Å². The molecule has 0 aliphatic rings. The van der Waals surface area contributed by atoms with Crippen LogP contribution in [-0.4, -0.2) is 9.97 Å². The highest BCUT2D eigenvalue weighted by molar-refractivity contribution is 9.10. The molecule has 6 rings (SSSR count). The van der Waals surface area contributed by atoms with E-state index in [1.807, 2.05) is 18.2 Å². The number of benzene rings is 5. The third-order valence-corrected chi connectivity index (χ3v) is 6.41. The van der Waals surface area contributed by atoms with E-state index < -0.39 is 0 Å². The summed E-state index contributed by atoms with van der Waals surface area (Å²) in [6.07, 6.45) is 0. The first-order chi connectivity index (χ1) is 16.3. The summed E-state index contributed by atoms with van der Waals surface area (Å²) in [7, 11) is 0. The number of nitrogens with zero attached hydrogens (tertiary/aromatic N) is 2. The SMILES string of the molecule is Brc1cccc(-c2nc(-c3ccccc3)c3cc(-c4ccccc4)c4ccccc4c3n2)c1. The lowest BCUT2D eigenvalue weighted by Crippen LogP contribution is -1.97. The Kier molecular flexibility index (Phi) is 4.97. The van der Waals surface area contributed by atoms with Crippen LogP contribution in [0.5, 0.6) is 0 Å². The minimum absolute atomic E-state index is 0.722. The summed E-state index contributed by atoms with van der Waals surface area (Å²) in [6, 6.07) is 39.8. The van der Waals surface area contributed by atoms with Crippen LogP contribution in [0.4, 0.5) is 0 Å². The van der Waals surface area contributed by atoms with Crippen molar-refractivity contribution in [3.05, 3.63) is 120 Å². The second-order valence-corrected chi connectivity index (χ2v) is 8.92. The molecule has 6 aromatic rings. The maximum atomic E-state index is 5.10. The Hall–Kier alpha value is -3.82. The van der Waals surface area contributed by atoms with E-state index in [0.717, 1.165) is 43.4 Å². The van der Waals surface area contributed by atoms with E-state index in [-0.39, 0.29) is 0 Å². The van der Waals surface area contributed by atoms with Gasteiger partial charge in [0.15, 0.2) is 5.82 Å². The van der Waals surface area contributed by atoms with Crippen LogP contribution in [0.2, 0.25) is 0 Å². The highest BCUT2D eigenvalue weighted by Crippen LogP contribution is 2.38. The summed E-state index contributed by atoms with van der Waals surface area (Å²) >= 11 is 3.59. The molecule has 3 heteroatoms. The zero-order chi connectivity index (χ0) is 22.2. The predicted molar refractivity (Wildman–Crippen MR) is 141 cm³/mol. The molecule has 1 heterocycles. The topological polar surface area (TPSA) is 25.8 Å². The molecule has 0 amide bonds. The molecule has 156 valence electrons. The first-order valence-electron chi connectivity index (χ1n) is 10.9. The molecule has 0 bridgehead atoms. The number of aromatic nitrogens is 2. The lowest BCUT2D eigenvalue weighted by Gasteiger charge is -2.15. The van der Waals surface area contributed by atoms with Gasteiger partial charge in [0, 0.05) is 26.4 Å². The fourth-order valence-corrected chi connectivity index (χ4v) is 4.79. The van der Waals surface area contributed by atoms with Gasteiger partial charge < -0.3 is 0 Å². The van der Waals surface area contributed by atoms with Crippen LogP contribution >= 0.6 is 15.9 Å². The lowest BCUT2D eigenvalue weighted by atomic mass is 9.93. The van der Waals surface area contributed by atoms with Crippen LogP contribution in [0.15, 0.2) is 120 Å². The van der Waals surface area contributed by atoms with Crippen molar-refractivity contribution in [2.75, 3.05) is 0 Å². The molecule has 0 saturated carbocycles. The zero-order valence-electron chi connectivity index (χ0n) is 17.7. The first kappa shape index (κ1) is 19.8. The van der Waals surface area contributed by atoms with Gasteiger partial charge >= 0.3 is 0 Å². The quantitative estimate of drug-likeness (QED) is 0.234. The van der Waals surface area contributed by atoms with Gasteiger partial charge in [0.05, 0.1) is 11.2 Å². The van der Waals surface area contributed by atoms with E-state index in [9.17, 15) is 0 Å². The average molecular weight is 487 g/mol. The maximum absolute atomic E-state index is 5.10. The molecule has 0 radical (unpaired) electrons. The Labute approximate surface area is 200 Å². The van der Waals surface area contributed by atoms with Crippen LogP contribution in [0.25, 0.3) is 55.4 Å². The van der Waals surface area contributed by atoms with Gasteiger partial charge in [-0.15, -0.1) is 0 Å². The van der Waals surface area contributed by atoms with Crippen molar-refractivity contribution in [2.24, 2.45) is 0 Å². The monoisotopic (exact) mass is 486 g/mol. The third kappa shape index (κ3) is 3.61. The van der Waals surface area contributed by atoms with Crippen molar-refractivity contribution in [1.29, 1.82) is 0 Å². The van der Waals surface area contributed by atoms with Crippen molar-refractivity contribution in [1.82, 2.24) is 9.97 Å². The molecule has 5 aromatic carbocycles. The molecular weight excluding hydrogens is 468 g/mol. The molecule has 0 atom stereocenters. The van der Waals surface area contributed by atoms with Crippen molar-refractivity contribution in [3.8, 4) is 33.8 Å². The second kappa shape index (κ2) is 8.27. The summed E-state index contributed by atoms with van der Waals surface area (Å²) in [5.41, 5.74) is 6.35. The summed E-state index contributed by atoms with van der Waals surface area (Å²) in [6.45, 7) is 0. The number of hydrogen-bond acceptors (Lipinski definition) is 2. The Morgan fingerprint density at radius 2 is 1.12 bits per heavy atom. The van der Waals surface area contributed by atoms with Gasteiger partial charge in [0.2, 0.25) is 0 Å². The molecule has 0 aliphatic carbocycles. The minimum Gasteiger partial charge on any atom is -0.227 e. The van der Waals surface area contributed by atoms with Crippen molar-refractivity contribution >= 4 is 37.6 Å². The number of hydrogen-bond donors (Lipinski definition) is 0. The van der Waals surface area contributed by atoms with Gasteiger partial charge in [0.25, 0.3) is 0 Å². The van der Waals surface area contributed by atoms with Crippen molar-refractivity contribution in [3.63, 3.8) is 0 Å². The summed E-state index contributed by atoms with van der Waals surface area (Å²) in [4.78, 5) is 10.2. The largest absolute Gasteiger partial charge is 0.227 e. The highest BCUT2D eigenvalue weighted by Gasteiger charge is 2.16. The average Bonchev–Trinajstić information content (AvgIpc) is 2.88. The third-order valence-electron chi connectivity index (χ3n) is 5.92. The van der Waals surface area contributed by atoms with Crippen LogP contribution in [0, 0.1) is 0 Å². The molecule has 0 spiro atoms. The van der Waals surface area contributed by atoms with E-state index in [1.54, 1.807) is 0 Å². The van der Waals surface area contributed by atoms with E-state index in [0.29, 0.717) is 0 Å². The predicted octanol–water partition coefficient (Wildman–Crippen LogP) is 8.55. The van der Waals surface area contributed by atoms with Gasteiger partial charge in [0.1, 0.15) is 0 Å². The second-order valence-electron chi connectivity index (χ2n) is 8.00. The molecule has 2 nitrogen and oxygen atoms in total. The standard InChI is InChI=1S/C30H19BrN2/c31-23-15-9-14-22(18-23)30-32-28(21-12-5-2-6-13-21)27-19-26(20-10-3-1-4-11-20)24-16-7-8-17-25(24)29(27)33-30/h1-19H. The minimum atomic E-state index is 0.722. The summed E-state index contributed by atoms with van der Waals surface area (Å²) in [5, 5.41) is 3.37. The van der Waals surface area contributed by atoms with E-state index in [2.05, 4.69) is 113 Å². The molecule has 0 fully saturated rings. The van der Waals surface area contributed by atoms with Crippen LogP contribution in [0.3, 0.4) is 0 Å². The summed E-state index contributed by atoms with van der Waals surface area (Å²) in [5.74, 6) is 0.722. The van der Waals surface area contributed by atoms with Gasteiger partial charge in [-0.3, -0.25) is 0 Å². The molecule has 0 unspecified atom stereocenters. The Morgan fingerprint density at radius 1 is 0.485 bits per heavy atom. The summed E-state index contributed by atoms with van der Waals surface area (Å²) < 4.78 is 1.01. The van der Waals surface area contributed by atoms with Crippen LogP contribution in [-0.2, 0) is 0 Å². The fourth-order valence-electron chi connectivity index (χ4n) is 4.39. The van der Waals surface area contributed by atoms with Gasteiger partial charge in [-0.25, -0.2) is 9.97 Å². The molecule has 0 saturated heterocycles. The van der Waals surface area contributed by atoms with Gasteiger partial charge in [-0.1, -0.05) is 113 Å². The van der Waals surface area contributed by atoms with Crippen molar-refractivity contribution < 1.29 is 0 Å².